The fraction of sp³-hybridized carbons (Fsp3) is 0.400. The molecule has 1 N–H and O–H groups in total. The van der Waals surface area contributed by atoms with Gasteiger partial charge in [0.05, 0.1) is 12.2 Å². The van der Waals surface area contributed by atoms with Crippen molar-refractivity contribution in [3.05, 3.63) is 56.3 Å². The number of nitrogens with one attached hydrogen (secondary N) is 1. The molecular weight excluding hydrogens is 442 g/mol. The summed E-state index contributed by atoms with van der Waals surface area (Å²) in [5, 5.41) is 4.19. The molecule has 2 aromatic heterocycles. The number of aryl methyl sites for hydroxylation is 1. The van der Waals surface area contributed by atoms with Gasteiger partial charge < -0.3 is 19.2 Å². The number of hydrogen-bond acceptors (Lipinski definition) is 7. The van der Waals surface area contributed by atoms with Crippen molar-refractivity contribution in [2.24, 2.45) is 5.92 Å². The van der Waals surface area contributed by atoms with Crippen molar-refractivity contribution in [3.63, 3.8) is 0 Å². The summed E-state index contributed by atoms with van der Waals surface area (Å²) in [5.41, 5.74) is 2.22. The molecule has 1 aliphatic carbocycles. The first-order valence-corrected chi connectivity index (χ1v) is 11.9. The summed E-state index contributed by atoms with van der Waals surface area (Å²) >= 11 is 1.44. The monoisotopic (exact) mass is 469 g/mol. The summed E-state index contributed by atoms with van der Waals surface area (Å²) in [4.78, 5) is 38.4. The molecule has 0 radical (unpaired) electrons. The average molecular weight is 470 g/mol. The second-order valence-electron chi connectivity index (χ2n) is 8.43. The molecule has 174 valence electrons. The minimum atomic E-state index is -0.841. The van der Waals surface area contributed by atoms with E-state index in [1.807, 2.05) is 6.92 Å². The Labute approximate surface area is 195 Å². The number of carbonyl (C=O) groups excluding carboxylic acids is 2. The van der Waals surface area contributed by atoms with Gasteiger partial charge in [-0.05, 0) is 69.2 Å². The quantitative estimate of drug-likeness (QED) is 0.409. The van der Waals surface area contributed by atoms with E-state index in [4.69, 9.17) is 13.9 Å². The third-order valence-corrected chi connectivity index (χ3v) is 7.00. The van der Waals surface area contributed by atoms with Crippen molar-refractivity contribution in [1.29, 1.82) is 0 Å². The Balaban J connectivity index is 1.55. The Hall–Kier alpha value is -3.13. The molecule has 2 heterocycles. The number of rotatable bonds is 6. The van der Waals surface area contributed by atoms with Gasteiger partial charge in [0.2, 0.25) is 0 Å². The number of esters is 1. The molecular formula is C25H27NO6S. The first-order valence-electron chi connectivity index (χ1n) is 11.1. The van der Waals surface area contributed by atoms with Crippen LogP contribution in [-0.4, -0.2) is 24.6 Å². The van der Waals surface area contributed by atoms with E-state index in [2.05, 4.69) is 12.2 Å². The van der Waals surface area contributed by atoms with E-state index in [0.717, 1.165) is 40.7 Å². The molecule has 0 aliphatic heterocycles. The van der Waals surface area contributed by atoms with Crippen LogP contribution in [0.2, 0.25) is 0 Å². The number of benzene rings is 1. The van der Waals surface area contributed by atoms with Crippen molar-refractivity contribution in [1.82, 2.24) is 0 Å². The lowest BCUT2D eigenvalue weighted by Crippen LogP contribution is -2.30. The second kappa shape index (κ2) is 9.39. The topological polar surface area (TPSA) is 94.8 Å². The summed E-state index contributed by atoms with van der Waals surface area (Å²) in [6.07, 6.45) is 1.84. The fourth-order valence-corrected chi connectivity index (χ4v) is 5.51. The van der Waals surface area contributed by atoms with Crippen molar-refractivity contribution < 1.29 is 23.5 Å². The fourth-order valence-electron chi connectivity index (χ4n) is 4.11. The first-order chi connectivity index (χ1) is 15.8. The Bertz CT molecular complexity index is 1270. The van der Waals surface area contributed by atoms with E-state index in [1.54, 1.807) is 32.0 Å². The van der Waals surface area contributed by atoms with Crippen LogP contribution >= 0.6 is 11.3 Å². The van der Waals surface area contributed by atoms with Crippen LogP contribution < -0.4 is 15.7 Å². The van der Waals surface area contributed by atoms with E-state index >= 15 is 0 Å². The van der Waals surface area contributed by atoms with Gasteiger partial charge in [0.25, 0.3) is 5.91 Å². The van der Waals surface area contributed by atoms with E-state index < -0.39 is 17.7 Å². The highest BCUT2D eigenvalue weighted by molar-refractivity contribution is 7.17. The number of hydrogen-bond donors (Lipinski definition) is 1. The van der Waals surface area contributed by atoms with Gasteiger partial charge >= 0.3 is 11.6 Å². The Morgan fingerprint density at radius 2 is 2.09 bits per heavy atom. The summed E-state index contributed by atoms with van der Waals surface area (Å²) in [7, 11) is 0. The number of anilines is 1. The van der Waals surface area contributed by atoms with Crippen LogP contribution in [0.4, 0.5) is 5.00 Å². The molecule has 0 spiro atoms. The van der Waals surface area contributed by atoms with E-state index in [1.165, 1.54) is 17.4 Å². The molecule has 1 aliphatic rings. The highest BCUT2D eigenvalue weighted by Crippen LogP contribution is 2.40. The molecule has 4 rings (SSSR count). The lowest BCUT2D eigenvalue weighted by atomic mass is 9.88. The molecule has 3 aromatic rings. The molecule has 0 saturated heterocycles. The average Bonchev–Trinajstić information content (AvgIpc) is 3.10. The summed E-state index contributed by atoms with van der Waals surface area (Å²) in [6.45, 7) is 7.68. The SMILES string of the molecule is CCOC(=O)c1c(NC(=O)C(C)Oc2ccc3c(C)cc(=O)oc3c2)sc2c1CCC(C)C2. The summed E-state index contributed by atoms with van der Waals surface area (Å²) in [5.74, 6) is 0.156. The van der Waals surface area contributed by atoms with Crippen LogP contribution in [0, 0.1) is 12.8 Å². The third kappa shape index (κ3) is 4.80. The standard InChI is InChI=1S/C25H27NO6S/c1-5-30-25(29)22-18-8-6-13(2)10-20(18)33-24(22)26-23(28)15(4)31-16-7-9-17-14(3)11-21(27)32-19(17)12-16/h7,9,11-13,15H,5-6,8,10H2,1-4H3,(H,26,28). The van der Waals surface area contributed by atoms with Gasteiger partial charge in [-0.2, -0.15) is 0 Å². The Morgan fingerprint density at radius 1 is 1.30 bits per heavy atom. The predicted molar refractivity (Wildman–Crippen MR) is 127 cm³/mol. The molecule has 0 bridgehead atoms. The molecule has 2 atom stereocenters. The van der Waals surface area contributed by atoms with Crippen LogP contribution in [0.3, 0.4) is 0 Å². The van der Waals surface area contributed by atoms with Crippen LogP contribution in [0.25, 0.3) is 11.0 Å². The summed E-state index contributed by atoms with van der Waals surface area (Å²) in [6, 6.07) is 6.56. The van der Waals surface area contributed by atoms with Gasteiger partial charge in [-0.25, -0.2) is 9.59 Å². The first kappa shape index (κ1) is 23.0. The maximum atomic E-state index is 12.9. The molecule has 33 heavy (non-hydrogen) atoms. The zero-order valence-electron chi connectivity index (χ0n) is 19.2. The van der Waals surface area contributed by atoms with Crippen LogP contribution in [0.5, 0.6) is 5.75 Å². The largest absolute Gasteiger partial charge is 0.481 e. The number of carbonyl (C=O) groups is 2. The lowest BCUT2D eigenvalue weighted by Gasteiger charge is -2.18. The van der Waals surface area contributed by atoms with Gasteiger partial charge in [0.1, 0.15) is 16.3 Å². The highest BCUT2D eigenvalue weighted by Gasteiger charge is 2.30. The highest BCUT2D eigenvalue weighted by atomic mass is 32.1. The molecule has 2 unspecified atom stereocenters. The zero-order valence-corrected chi connectivity index (χ0v) is 20.0. The predicted octanol–water partition coefficient (Wildman–Crippen LogP) is 4.87. The van der Waals surface area contributed by atoms with Crippen LogP contribution in [0.1, 0.15) is 53.6 Å². The molecule has 0 fully saturated rings. The second-order valence-corrected chi connectivity index (χ2v) is 9.54. The van der Waals surface area contributed by atoms with E-state index in [9.17, 15) is 14.4 Å². The molecule has 0 saturated carbocycles. The minimum absolute atomic E-state index is 0.268. The maximum absolute atomic E-state index is 12.9. The van der Waals surface area contributed by atoms with E-state index in [-0.39, 0.29) is 12.5 Å². The van der Waals surface area contributed by atoms with Crippen molar-refractivity contribution in [2.75, 3.05) is 11.9 Å². The van der Waals surface area contributed by atoms with Gasteiger partial charge in [0.15, 0.2) is 6.10 Å². The minimum Gasteiger partial charge on any atom is -0.481 e. The van der Waals surface area contributed by atoms with Crippen molar-refractivity contribution in [2.45, 2.75) is 53.1 Å². The van der Waals surface area contributed by atoms with Gasteiger partial charge in [-0.15, -0.1) is 11.3 Å². The summed E-state index contributed by atoms with van der Waals surface area (Å²) < 4.78 is 16.3. The number of fused-ring (bicyclic) bond motifs is 2. The number of thiophene rings is 1. The molecule has 1 aromatic carbocycles. The van der Waals surface area contributed by atoms with Crippen LogP contribution in [0.15, 0.2) is 33.5 Å². The van der Waals surface area contributed by atoms with Crippen molar-refractivity contribution >= 4 is 39.2 Å². The van der Waals surface area contributed by atoms with Gasteiger partial charge in [-0.1, -0.05) is 6.92 Å². The van der Waals surface area contributed by atoms with Crippen molar-refractivity contribution in [3.8, 4) is 5.75 Å². The maximum Gasteiger partial charge on any atom is 0.341 e. The molecule has 1 amide bonds. The van der Waals surface area contributed by atoms with E-state index in [0.29, 0.717) is 27.8 Å². The zero-order chi connectivity index (χ0) is 23.7. The normalized spacial score (nSPS) is 16.2. The van der Waals surface area contributed by atoms with Gasteiger partial charge in [-0.3, -0.25) is 4.79 Å². The third-order valence-electron chi connectivity index (χ3n) is 5.83. The van der Waals surface area contributed by atoms with Gasteiger partial charge in [0, 0.05) is 22.4 Å². The molecule has 7 nitrogen and oxygen atoms in total. The Morgan fingerprint density at radius 3 is 2.85 bits per heavy atom. The van der Waals surface area contributed by atoms with Crippen LogP contribution in [-0.2, 0) is 22.4 Å². The smallest absolute Gasteiger partial charge is 0.341 e. The Kier molecular flexibility index (Phi) is 6.56. The molecule has 8 heteroatoms. The number of amides is 1. The lowest BCUT2D eigenvalue weighted by molar-refractivity contribution is -0.122. The number of ether oxygens (including phenoxy) is 2.